The first-order valence-electron chi connectivity index (χ1n) is 7.73. The molecule has 2 aliphatic rings. The number of carbonyl (C=O) groups is 1. The lowest BCUT2D eigenvalue weighted by molar-refractivity contribution is -0.117. The van der Waals surface area contributed by atoms with Crippen molar-refractivity contribution in [2.75, 3.05) is 0 Å². The molecule has 2 heterocycles. The Bertz CT molecular complexity index is 784. The number of aromatic amines is 1. The molecule has 4 rings (SSSR count). The van der Waals surface area contributed by atoms with E-state index in [1.54, 1.807) is 0 Å². The highest BCUT2D eigenvalue weighted by molar-refractivity contribution is 6.05. The van der Waals surface area contributed by atoms with Crippen LogP contribution < -0.4 is 5.32 Å². The van der Waals surface area contributed by atoms with Crippen molar-refractivity contribution >= 4 is 11.5 Å². The standard InChI is InChI=1S/C18H19N3O/c1-18(2)10-14(22)12-8-9-13-16(15(12)21-18)20-17(19-13)11-6-4-3-5-7-11/h3-7,21H,8-10H2,1-2H3,(H,19,20). The third kappa shape index (κ3) is 2.06. The van der Waals surface area contributed by atoms with E-state index in [0.29, 0.717) is 6.42 Å². The fraction of sp³-hybridized carbons (Fsp3) is 0.333. The van der Waals surface area contributed by atoms with Crippen LogP contribution in [0.3, 0.4) is 0 Å². The zero-order valence-corrected chi connectivity index (χ0v) is 12.9. The van der Waals surface area contributed by atoms with Crippen LogP contribution in [0.15, 0.2) is 35.9 Å². The molecule has 112 valence electrons. The van der Waals surface area contributed by atoms with Gasteiger partial charge in [-0.25, -0.2) is 4.98 Å². The summed E-state index contributed by atoms with van der Waals surface area (Å²) in [6.07, 6.45) is 2.16. The normalized spacial score (nSPS) is 19.5. The molecule has 0 saturated carbocycles. The second-order valence-corrected chi connectivity index (χ2v) is 6.74. The molecule has 22 heavy (non-hydrogen) atoms. The largest absolute Gasteiger partial charge is 0.378 e. The number of allylic oxidation sites excluding steroid dienone is 1. The second-order valence-electron chi connectivity index (χ2n) is 6.74. The summed E-state index contributed by atoms with van der Waals surface area (Å²) < 4.78 is 0. The number of ketones is 1. The number of fused-ring (bicyclic) bond motifs is 2. The van der Waals surface area contributed by atoms with Crippen LogP contribution in [0.4, 0.5) is 0 Å². The summed E-state index contributed by atoms with van der Waals surface area (Å²) in [4.78, 5) is 20.6. The number of H-pyrrole nitrogens is 1. The van der Waals surface area contributed by atoms with Crippen molar-refractivity contribution in [1.29, 1.82) is 0 Å². The van der Waals surface area contributed by atoms with Gasteiger partial charge in [-0.1, -0.05) is 30.3 Å². The maximum absolute atomic E-state index is 12.4. The van der Waals surface area contributed by atoms with Gasteiger partial charge in [-0.15, -0.1) is 0 Å². The fourth-order valence-corrected chi connectivity index (χ4v) is 3.36. The van der Waals surface area contributed by atoms with Crippen LogP contribution in [0.5, 0.6) is 0 Å². The van der Waals surface area contributed by atoms with Crippen molar-refractivity contribution in [3.8, 4) is 11.4 Å². The molecule has 0 radical (unpaired) electrons. The van der Waals surface area contributed by atoms with Crippen LogP contribution in [0.1, 0.15) is 38.1 Å². The first-order valence-corrected chi connectivity index (χ1v) is 7.73. The fourth-order valence-electron chi connectivity index (χ4n) is 3.36. The lowest BCUT2D eigenvalue weighted by atomic mass is 9.83. The minimum atomic E-state index is -0.206. The summed E-state index contributed by atoms with van der Waals surface area (Å²) in [5, 5.41) is 3.53. The summed E-state index contributed by atoms with van der Waals surface area (Å²) in [5.41, 5.74) is 4.78. The zero-order chi connectivity index (χ0) is 15.3. The molecule has 0 saturated heterocycles. The Morgan fingerprint density at radius 1 is 1.14 bits per heavy atom. The van der Waals surface area contributed by atoms with Crippen molar-refractivity contribution in [2.45, 2.75) is 38.6 Å². The highest BCUT2D eigenvalue weighted by Gasteiger charge is 2.36. The molecule has 4 nitrogen and oxygen atoms in total. The predicted octanol–water partition coefficient (Wildman–Crippen LogP) is 3.08. The van der Waals surface area contributed by atoms with Gasteiger partial charge in [0.05, 0.1) is 17.1 Å². The summed E-state index contributed by atoms with van der Waals surface area (Å²) in [5.74, 6) is 1.14. The number of benzene rings is 1. The Hall–Kier alpha value is -2.36. The molecule has 1 aliphatic carbocycles. The Morgan fingerprint density at radius 2 is 1.91 bits per heavy atom. The lowest BCUT2D eigenvalue weighted by Crippen LogP contribution is -2.45. The minimum Gasteiger partial charge on any atom is -0.378 e. The van der Waals surface area contributed by atoms with E-state index in [4.69, 9.17) is 4.98 Å². The van der Waals surface area contributed by atoms with Crippen LogP contribution in [-0.2, 0) is 11.2 Å². The van der Waals surface area contributed by atoms with Gasteiger partial charge in [-0.3, -0.25) is 4.79 Å². The van der Waals surface area contributed by atoms with Gasteiger partial charge in [0, 0.05) is 23.1 Å². The summed E-state index contributed by atoms with van der Waals surface area (Å²) in [7, 11) is 0. The number of Topliss-reactive ketones (excluding diaryl/α,β-unsaturated/α-hetero) is 1. The lowest BCUT2D eigenvalue weighted by Gasteiger charge is -2.36. The maximum atomic E-state index is 12.4. The smallest absolute Gasteiger partial charge is 0.163 e. The Morgan fingerprint density at radius 3 is 2.68 bits per heavy atom. The van der Waals surface area contributed by atoms with Gasteiger partial charge in [0.1, 0.15) is 5.82 Å². The van der Waals surface area contributed by atoms with E-state index in [1.165, 1.54) is 0 Å². The van der Waals surface area contributed by atoms with Crippen molar-refractivity contribution in [2.24, 2.45) is 0 Å². The van der Waals surface area contributed by atoms with E-state index >= 15 is 0 Å². The number of rotatable bonds is 1. The number of carbonyl (C=O) groups excluding carboxylic acids is 1. The second kappa shape index (κ2) is 4.57. The first kappa shape index (κ1) is 13.3. The Kier molecular flexibility index (Phi) is 2.76. The number of aromatic nitrogens is 2. The van der Waals surface area contributed by atoms with Gasteiger partial charge in [0.15, 0.2) is 5.78 Å². The van der Waals surface area contributed by atoms with Crippen LogP contribution in [0, 0.1) is 0 Å². The molecule has 0 fully saturated rings. The molecule has 0 amide bonds. The first-order chi connectivity index (χ1) is 10.5. The molecule has 0 atom stereocenters. The topological polar surface area (TPSA) is 57.8 Å². The molecule has 0 unspecified atom stereocenters. The zero-order valence-electron chi connectivity index (χ0n) is 12.9. The SMILES string of the molecule is CC1(C)CC(=O)C2=C(N1)c1[nH]c(-c3ccccc3)nc1CC2. The average molecular weight is 293 g/mol. The molecule has 1 aromatic carbocycles. The molecular weight excluding hydrogens is 274 g/mol. The van der Waals surface area contributed by atoms with Crippen molar-refractivity contribution in [1.82, 2.24) is 15.3 Å². The van der Waals surface area contributed by atoms with Crippen LogP contribution >= 0.6 is 0 Å². The summed E-state index contributed by atoms with van der Waals surface area (Å²) in [6.45, 7) is 4.13. The monoisotopic (exact) mass is 293 g/mol. The number of aryl methyl sites for hydroxylation is 1. The number of nitrogens with zero attached hydrogens (tertiary/aromatic N) is 1. The third-order valence-corrected chi connectivity index (χ3v) is 4.39. The Balaban J connectivity index is 1.82. The van der Waals surface area contributed by atoms with E-state index in [-0.39, 0.29) is 11.3 Å². The summed E-state index contributed by atoms with van der Waals surface area (Å²) >= 11 is 0. The van der Waals surface area contributed by atoms with E-state index in [1.807, 2.05) is 30.3 Å². The molecular formula is C18H19N3O. The average Bonchev–Trinajstić information content (AvgIpc) is 2.91. The van der Waals surface area contributed by atoms with Gasteiger partial charge >= 0.3 is 0 Å². The van der Waals surface area contributed by atoms with Gasteiger partial charge in [0.2, 0.25) is 0 Å². The number of nitrogens with one attached hydrogen (secondary N) is 2. The number of hydrogen-bond donors (Lipinski definition) is 2. The van der Waals surface area contributed by atoms with Crippen molar-refractivity contribution in [3.05, 3.63) is 47.3 Å². The molecule has 2 aromatic rings. The molecule has 4 heteroatoms. The highest BCUT2D eigenvalue weighted by atomic mass is 16.1. The Labute approximate surface area is 129 Å². The number of hydrogen-bond acceptors (Lipinski definition) is 3. The molecule has 1 aliphatic heterocycles. The van der Waals surface area contributed by atoms with Crippen LogP contribution in [-0.4, -0.2) is 21.3 Å². The predicted molar refractivity (Wildman–Crippen MR) is 86.1 cm³/mol. The van der Waals surface area contributed by atoms with Crippen molar-refractivity contribution < 1.29 is 4.79 Å². The molecule has 2 N–H and O–H groups in total. The quantitative estimate of drug-likeness (QED) is 0.849. The summed E-state index contributed by atoms with van der Waals surface area (Å²) in [6, 6.07) is 10.1. The molecule has 1 aromatic heterocycles. The maximum Gasteiger partial charge on any atom is 0.163 e. The van der Waals surface area contributed by atoms with Gasteiger partial charge < -0.3 is 10.3 Å². The molecule has 0 bridgehead atoms. The van der Waals surface area contributed by atoms with Gasteiger partial charge in [0.25, 0.3) is 0 Å². The van der Waals surface area contributed by atoms with Crippen LogP contribution in [0.2, 0.25) is 0 Å². The van der Waals surface area contributed by atoms with E-state index < -0.39 is 0 Å². The van der Waals surface area contributed by atoms with Crippen LogP contribution in [0.25, 0.3) is 17.1 Å². The van der Waals surface area contributed by atoms with Gasteiger partial charge in [-0.2, -0.15) is 0 Å². The molecule has 0 spiro atoms. The highest BCUT2D eigenvalue weighted by Crippen LogP contribution is 2.36. The van der Waals surface area contributed by atoms with E-state index in [9.17, 15) is 4.79 Å². The number of imidazole rings is 1. The minimum absolute atomic E-state index is 0.206. The van der Waals surface area contributed by atoms with E-state index in [0.717, 1.165) is 46.9 Å². The van der Waals surface area contributed by atoms with E-state index in [2.05, 4.69) is 24.1 Å². The van der Waals surface area contributed by atoms with Gasteiger partial charge in [-0.05, 0) is 26.7 Å². The third-order valence-electron chi connectivity index (χ3n) is 4.39. The van der Waals surface area contributed by atoms with Crippen molar-refractivity contribution in [3.63, 3.8) is 0 Å².